The molecule has 1 aliphatic rings. The van der Waals surface area contributed by atoms with Gasteiger partial charge in [0.1, 0.15) is 0 Å². The molecule has 0 aliphatic carbocycles. The molecule has 0 spiro atoms. The smallest absolute Gasteiger partial charge is 0.299 e. The van der Waals surface area contributed by atoms with Gasteiger partial charge in [0.15, 0.2) is 0 Å². The van der Waals surface area contributed by atoms with Crippen LogP contribution in [0, 0.1) is 5.92 Å². The summed E-state index contributed by atoms with van der Waals surface area (Å²) in [5.41, 5.74) is 2.74. The largest absolute Gasteiger partial charge is 0.391 e. The number of likely N-dealkylation sites (tertiary alicyclic amines) is 1. The maximum atomic E-state index is 12.8. The number of pyridine rings is 1. The number of para-hydroxylation sites is 1. The Morgan fingerprint density at radius 1 is 1.21 bits per heavy atom. The molecule has 0 unspecified atom stereocenters. The van der Waals surface area contributed by atoms with Gasteiger partial charge in [-0.25, -0.2) is 0 Å². The van der Waals surface area contributed by atoms with E-state index in [4.69, 9.17) is 11.6 Å². The molecule has 1 aromatic carbocycles. The molecule has 0 bridgehead atoms. The Hall–Kier alpha value is -1.33. The summed E-state index contributed by atoms with van der Waals surface area (Å²) in [6.07, 6.45) is -3.02. The van der Waals surface area contributed by atoms with E-state index in [0.717, 1.165) is 28.6 Å². The molecule has 2 nitrogen and oxygen atoms in total. The van der Waals surface area contributed by atoms with Crippen LogP contribution in [-0.2, 0) is 13.0 Å². The van der Waals surface area contributed by atoms with Crippen molar-refractivity contribution < 1.29 is 13.2 Å². The van der Waals surface area contributed by atoms with E-state index in [1.807, 2.05) is 31.2 Å². The van der Waals surface area contributed by atoms with Crippen LogP contribution in [-0.4, -0.2) is 29.1 Å². The van der Waals surface area contributed by atoms with Crippen molar-refractivity contribution in [3.05, 3.63) is 40.5 Å². The van der Waals surface area contributed by atoms with Crippen LogP contribution in [0.5, 0.6) is 0 Å². The molecule has 1 saturated heterocycles. The zero-order valence-electron chi connectivity index (χ0n) is 13.5. The molecule has 6 heteroatoms. The molecule has 130 valence electrons. The van der Waals surface area contributed by atoms with Gasteiger partial charge in [0, 0.05) is 23.2 Å². The Morgan fingerprint density at radius 3 is 2.50 bits per heavy atom. The quantitative estimate of drug-likeness (QED) is 0.749. The Kier molecular flexibility index (Phi) is 5.02. The van der Waals surface area contributed by atoms with E-state index in [9.17, 15) is 13.2 Å². The van der Waals surface area contributed by atoms with Crippen molar-refractivity contribution in [2.24, 2.45) is 5.92 Å². The van der Waals surface area contributed by atoms with Crippen molar-refractivity contribution in [2.75, 3.05) is 13.1 Å². The van der Waals surface area contributed by atoms with Crippen LogP contribution >= 0.6 is 11.6 Å². The molecule has 0 amide bonds. The summed E-state index contributed by atoms with van der Waals surface area (Å²) in [6, 6.07) is 7.70. The molecule has 0 N–H and O–H groups in total. The molecular formula is C18H20ClF3N2. The molecule has 0 radical (unpaired) electrons. The van der Waals surface area contributed by atoms with Gasteiger partial charge in [-0.05, 0) is 38.4 Å². The summed E-state index contributed by atoms with van der Waals surface area (Å²) in [6.45, 7) is 3.46. The Labute approximate surface area is 144 Å². The molecule has 24 heavy (non-hydrogen) atoms. The summed E-state index contributed by atoms with van der Waals surface area (Å²) < 4.78 is 38.4. The van der Waals surface area contributed by atoms with Crippen LogP contribution in [0.25, 0.3) is 10.9 Å². The average molecular weight is 357 g/mol. The zero-order chi connectivity index (χ0) is 17.3. The lowest BCUT2D eigenvalue weighted by atomic mass is 9.95. The van der Waals surface area contributed by atoms with Crippen LogP contribution < -0.4 is 0 Å². The van der Waals surface area contributed by atoms with Gasteiger partial charge < -0.3 is 0 Å². The number of benzene rings is 1. The molecule has 1 fully saturated rings. The summed E-state index contributed by atoms with van der Waals surface area (Å²) >= 11 is 6.60. The number of rotatable bonds is 3. The minimum absolute atomic E-state index is 0.156. The first-order valence-corrected chi connectivity index (χ1v) is 8.63. The van der Waals surface area contributed by atoms with E-state index >= 15 is 0 Å². The number of aromatic nitrogens is 1. The standard InChI is InChI=1S/C18H20ClF3N2/c1-2-15-14(17(19)13-5-3-4-6-16(13)23-15)11-24-9-7-12(8-10-24)18(20,21)22/h3-6,12H,2,7-11H2,1H3. The van der Waals surface area contributed by atoms with E-state index in [0.29, 0.717) is 24.7 Å². The fourth-order valence-corrected chi connectivity index (χ4v) is 3.68. The Balaban J connectivity index is 1.82. The fourth-order valence-electron chi connectivity index (χ4n) is 3.35. The molecule has 2 aromatic rings. The van der Waals surface area contributed by atoms with E-state index in [1.165, 1.54) is 0 Å². The highest BCUT2D eigenvalue weighted by molar-refractivity contribution is 6.36. The first kappa shape index (κ1) is 17.5. The highest BCUT2D eigenvalue weighted by atomic mass is 35.5. The first-order valence-electron chi connectivity index (χ1n) is 8.25. The van der Waals surface area contributed by atoms with E-state index in [2.05, 4.69) is 9.88 Å². The Morgan fingerprint density at radius 2 is 1.88 bits per heavy atom. The first-order chi connectivity index (χ1) is 11.4. The zero-order valence-corrected chi connectivity index (χ0v) is 14.3. The highest BCUT2D eigenvalue weighted by Gasteiger charge is 2.41. The van der Waals surface area contributed by atoms with Crippen molar-refractivity contribution in [2.45, 2.75) is 38.9 Å². The van der Waals surface area contributed by atoms with Gasteiger partial charge in [0.2, 0.25) is 0 Å². The second-order valence-corrected chi connectivity index (χ2v) is 6.69. The maximum Gasteiger partial charge on any atom is 0.391 e. The topological polar surface area (TPSA) is 16.1 Å². The van der Waals surface area contributed by atoms with Gasteiger partial charge in [-0.3, -0.25) is 9.88 Å². The molecule has 1 aliphatic heterocycles. The predicted molar refractivity (Wildman–Crippen MR) is 90.2 cm³/mol. The third kappa shape index (κ3) is 3.52. The molecule has 2 heterocycles. The summed E-state index contributed by atoms with van der Waals surface area (Å²) in [5, 5.41) is 1.58. The lowest BCUT2D eigenvalue weighted by Crippen LogP contribution is -2.38. The lowest BCUT2D eigenvalue weighted by Gasteiger charge is -2.33. The third-order valence-corrected chi connectivity index (χ3v) is 5.21. The van der Waals surface area contributed by atoms with Gasteiger partial charge in [0.05, 0.1) is 16.5 Å². The number of aryl methyl sites for hydroxylation is 1. The summed E-state index contributed by atoms with van der Waals surface area (Å²) in [4.78, 5) is 6.74. The van der Waals surface area contributed by atoms with Crippen molar-refractivity contribution in [3.63, 3.8) is 0 Å². The number of hydrogen-bond acceptors (Lipinski definition) is 2. The van der Waals surface area contributed by atoms with Crippen LogP contribution in [0.4, 0.5) is 13.2 Å². The van der Waals surface area contributed by atoms with Crippen LogP contribution in [0.1, 0.15) is 31.0 Å². The van der Waals surface area contributed by atoms with E-state index in [1.54, 1.807) is 0 Å². The number of halogens is 4. The van der Waals surface area contributed by atoms with Gasteiger partial charge in [-0.15, -0.1) is 0 Å². The predicted octanol–water partition coefficient (Wildman–Crippen LogP) is 5.22. The SMILES string of the molecule is CCc1nc2ccccc2c(Cl)c1CN1CCC(C(F)(F)F)CC1. The minimum Gasteiger partial charge on any atom is -0.299 e. The second-order valence-electron chi connectivity index (χ2n) is 6.31. The van der Waals surface area contributed by atoms with Gasteiger partial charge in [-0.1, -0.05) is 36.7 Å². The summed E-state index contributed by atoms with van der Waals surface area (Å²) in [5.74, 6) is -1.18. The number of hydrogen-bond donors (Lipinski definition) is 0. The molecule has 0 atom stereocenters. The summed E-state index contributed by atoms with van der Waals surface area (Å²) in [7, 11) is 0. The van der Waals surface area contributed by atoms with E-state index in [-0.39, 0.29) is 12.8 Å². The molecular weight excluding hydrogens is 337 g/mol. The average Bonchev–Trinajstić information content (AvgIpc) is 2.57. The van der Waals surface area contributed by atoms with Crippen LogP contribution in [0.15, 0.2) is 24.3 Å². The lowest BCUT2D eigenvalue weighted by molar-refractivity contribution is -0.185. The van der Waals surface area contributed by atoms with Crippen LogP contribution in [0.3, 0.4) is 0 Å². The normalized spacial score (nSPS) is 17.5. The second kappa shape index (κ2) is 6.89. The monoisotopic (exact) mass is 356 g/mol. The van der Waals surface area contributed by atoms with Gasteiger partial charge in [-0.2, -0.15) is 13.2 Å². The van der Waals surface area contributed by atoms with E-state index < -0.39 is 12.1 Å². The Bertz CT molecular complexity index is 722. The van der Waals surface area contributed by atoms with Crippen molar-refractivity contribution in [3.8, 4) is 0 Å². The van der Waals surface area contributed by atoms with Crippen molar-refractivity contribution >= 4 is 22.5 Å². The number of alkyl halides is 3. The highest BCUT2D eigenvalue weighted by Crippen LogP contribution is 2.35. The number of nitrogens with zero attached hydrogens (tertiary/aromatic N) is 2. The number of fused-ring (bicyclic) bond motifs is 1. The van der Waals surface area contributed by atoms with Gasteiger partial charge >= 0.3 is 6.18 Å². The third-order valence-electron chi connectivity index (χ3n) is 4.78. The minimum atomic E-state index is -4.08. The maximum absolute atomic E-state index is 12.8. The van der Waals surface area contributed by atoms with Crippen LogP contribution in [0.2, 0.25) is 5.02 Å². The molecule has 3 rings (SSSR count). The molecule has 0 saturated carbocycles. The van der Waals surface area contributed by atoms with Crippen molar-refractivity contribution in [1.82, 2.24) is 9.88 Å². The van der Waals surface area contributed by atoms with Crippen molar-refractivity contribution in [1.29, 1.82) is 0 Å². The molecule has 1 aromatic heterocycles. The van der Waals surface area contributed by atoms with Gasteiger partial charge in [0.25, 0.3) is 0 Å². The fraction of sp³-hybridized carbons (Fsp3) is 0.500. The number of piperidine rings is 1.